The van der Waals surface area contributed by atoms with E-state index in [2.05, 4.69) is 5.32 Å². The number of piperazine rings is 1. The predicted molar refractivity (Wildman–Crippen MR) is 79.5 cm³/mol. The van der Waals surface area contributed by atoms with Crippen LogP contribution in [0.25, 0.3) is 0 Å². The number of phenols is 2. The molecule has 1 aliphatic heterocycles. The van der Waals surface area contributed by atoms with Crippen LogP contribution in [0.4, 0.5) is 0 Å². The van der Waals surface area contributed by atoms with E-state index in [1.165, 1.54) is 24.6 Å². The molecule has 1 amide bonds. The molecule has 2 fully saturated rings. The topological polar surface area (TPSA) is 72.8 Å². The first-order chi connectivity index (χ1) is 10.1. The van der Waals surface area contributed by atoms with Crippen LogP contribution in [0, 0.1) is 0 Å². The molecular formula is C16H22N2O3. The van der Waals surface area contributed by atoms with Gasteiger partial charge in [-0.1, -0.05) is 19.3 Å². The van der Waals surface area contributed by atoms with Crippen molar-refractivity contribution in [2.45, 2.75) is 37.6 Å². The molecule has 2 aliphatic rings. The molecule has 0 aromatic heterocycles. The van der Waals surface area contributed by atoms with Gasteiger partial charge in [-0.2, -0.15) is 0 Å². The van der Waals surface area contributed by atoms with E-state index in [1.807, 2.05) is 4.90 Å². The van der Waals surface area contributed by atoms with Crippen molar-refractivity contribution in [1.82, 2.24) is 10.2 Å². The molecule has 114 valence electrons. The van der Waals surface area contributed by atoms with Gasteiger partial charge in [0, 0.05) is 31.3 Å². The minimum atomic E-state index is -0.103. The summed E-state index contributed by atoms with van der Waals surface area (Å²) in [5.41, 5.74) is 0.258. The molecule has 1 aromatic rings. The van der Waals surface area contributed by atoms with E-state index in [0.717, 1.165) is 38.8 Å². The van der Waals surface area contributed by atoms with Crippen LogP contribution in [0.5, 0.6) is 11.5 Å². The zero-order valence-electron chi connectivity index (χ0n) is 12.1. The summed E-state index contributed by atoms with van der Waals surface area (Å²) in [6.45, 7) is 2.30. The number of rotatable bonds is 1. The summed E-state index contributed by atoms with van der Waals surface area (Å²) in [5.74, 6) is -0.248. The average Bonchev–Trinajstić information content (AvgIpc) is 2.47. The fourth-order valence-corrected chi connectivity index (χ4v) is 3.69. The van der Waals surface area contributed by atoms with E-state index in [1.54, 1.807) is 0 Å². The lowest BCUT2D eigenvalue weighted by Crippen LogP contribution is -2.63. The summed E-state index contributed by atoms with van der Waals surface area (Å²) in [6, 6.07) is 4.10. The largest absolute Gasteiger partial charge is 0.508 e. The number of carbonyl (C=O) groups excluding carboxylic acids is 1. The van der Waals surface area contributed by atoms with E-state index in [9.17, 15) is 15.0 Å². The quantitative estimate of drug-likeness (QED) is 0.738. The summed E-state index contributed by atoms with van der Waals surface area (Å²) in [7, 11) is 0. The van der Waals surface area contributed by atoms with Gasteiger partial charge in [-0.05, 0) is 25.0 Å². The van der Waals surface area contributed by atoms with Gasteiger partial charge < -0.3 is 20.4 Å². The molecule has 0 bridgehead atoms. The zero-order chi connectivity index (χ0) is 14.9. The van der Waals surface area contributed by atoms with Crippen molar-refractivity contribution in [2.75, 3.05) is 19.6 Å². The number of phenolic OH excluding ortho intramolecular Hbond substituents is 2. The summed E-state index contributed by atoms with van der Waals surface area (Å²) < 4.78 is 0. The molecule has 3 N–H and O–H groups in total. The third-order valence-electron chi connectivity index (χ3n) is 4.72. The van der Waals surface area contributed by atoms with Gasteiger partial charge in [-0.15, -0.1) is 0 Å². The molecule has 3 rings (SSSR count). The fraction of sp³-hybridized carbons (Fsp3) is 0.562. The predicted octanol–water partition coefficient (Wildman–Crippen LogP) is 1.85. The van der Waals surface area contributed by atoms with Crippen LogP contribution in [0.3, 0.4) is 0 Å². The smallest absolute Gasteiger partial charge is 0.254 e. The Morgan fingerprint density at radius 1 is 1.10 bits per heavy atom. The minimum Gasteiger partial charge on any atom is -0.508 e. The fourth-order valence-electron chi connectivity index (χ4n) is 3.69. The minimum absolute atomic E-state index is 0.0776. The number of hydrogen-bond acceptors (Lipinski definition) is 4. The standard InChI is InChI=1S/C16H22N2O3/c19-13-8-12(9-14(20)10-13)15(21)18-7-6-17-11-16(18)4-2-1-3-5-16/h8-10,17,19-20H,1-7,11H2. The number of benzene rings is 1. The third kappa shape index (κ3) is 2.70. The molecule has 1 spiro atoms. The summed E-state index contributed by atoms with van der Waals surface area (Å²) in [6.07, 6.45) is 5.58. The van der Waals surface area contributed by atoms with E-state index in [4.69, 9.17) is 0 Å². The highest BCUT2D eigenvalue weighted by atomic mass is 16.3. The molecule has 21 heavy (non-hydrogen) atoms. The van der Waals surface area contributed by atoms with E-state index < -0.39 is 0 Å². The lowest BCUT2D eigenvalue weighted by molar-refractivity contribution is 0.0222. The number of nitrogens with one attached hydrogen (secondary N) is 1. The average molecular weight is 290 g/mol. The van der Waals surface area contributed by atoms with E-state index >= 15 is 0 Å². The van der Waals surface area contributed by atoms with Crippen LogP contribution in [0.15, 0.2) is 18.2 Å². The van der Waals surface area contributed by atoms with Crippen molar-refractivity contribution in [3.8, 4) is 11.5 Å². The maximum atomic E-state index is 12.9. The molecule has 1 saturated heterocycles. The highest BCUT2D eigenvalue weighted by molar-refractivity contribution is 5.95. The lowest BCUT2D eigenvalue weighted by atomic mass is 9.78. The van der Waals surface area contributed by atoms with E-state index in [-0.39, 0.29) is 22.9 Å². The van der Waals surface area contributed by atoms with Gasteiger partial charge in [0.05, 0.1) is 5.54 Å². The third-order valence-corrected chi connectivity index (χ3v) is 4.72. The Morgan fingerprint density at radius 2 is 1.76 bits per heavy atom. The van der Waals surface area contributed by atoms with E-state index in [0.29, 0.717) is 12.1 Å². The normalized spacial score (nSPS) is 21.4. The Kier molecular flexibility index (Phi) is 3.76. The first kappa shape index (κ1) is 14.2. The van der Waals surface area contributed by atoms with Crippen molar-refractivity contribution in [3.63, 3.8) is 0 Å². The van der Waals surface area contributed by atoms with Crippen LogP contribution in [-0.2, 0) is 0 Å². The van der Waals surface area contributed by atoms with Crippen molar-refractivity contribution in [1.29, 1.82) is 0 Å². The molecular weight excluding hydrogens is 268 g/mol. The van der Waals surface area contributed by atoms with Crippen molar-refractivity contribution in [2.24, 2.45) is 0 Å². The Hall–Kier alpha value is -1.75. The van der Waals surface area contributed by atoms with Gasteiger partial charge >= 0.3 is 0 Å². The summed E-state index contributed by atoms with van der Waals surface area (Å²) >= 11 is 0. The van der Waals surface area contributed by atoms with Gasteiger partial charge in [0.2, 0.25) is 0 Å². The highest BCUT2D eigenvalue weighted by Gasteiger charge is 2.42. The second-order valence-electron chi connectivity index (χ2n) is 6.16. The number of hydrogen-bond donors (Lipinski definition) is 3. The Morgan fingerprint density at radius 3 is 2.43 bits per heavy atom. The molecule has 1 heterocycles. The highest BCUT2D eigenvalue weighted by Crippen LogP contribution is 2.36. The van der Waals surface area contributed by atoms with Gasteiger partial charge in [-0.25, -0.2) is 0 Å². The van der Waals surface area contributed by atoms with Gasteiger partial charge in [0.25, 0.3) is 5.91 Å². The number of nitrogens with zero attached hydrogens (tertiary/aromatic N) is 1. The maximum Gasteiger partial charge on any atom is 0.254 e. The Balaban J connectivity index is 1.90. The van der Waals surface area contributed by atoms with Gasteiger partial charge in [0.1, 0.15) is 11.5 Å². The first-order valence-corrected chi connectivity index (χ1v) is 7.66. The molecule has 0 radical (unpaired) electrons. The monoisotopic (exact) mass is 290 g/mol. The van der Waals surface area contributed by atoms with Crippen LogP contribution in [0.2, 0.25) is 0 Å². The lowest BCUT2D eigenvalue weighted by Gasteiger charge is -2.49. The maximum absolute atomic E-state index is 12.9. The molecule has 1 aromatic carbocycles. The van der Waals surface area contributed by atoms with Crippen molar-refractivity contribution in [3.05, 3.63) is 23.8 Å². The zero-order valence-corrected chi connectivity index (χ0v) is 12.1. The molecule has 1 saturated carbocycles. The molecule has 5 heteroatoms. The van der Waals surface area contributed by atoms with Crippen LogP contribution in [0.1, 0.15) is 42.5 Å². The number of aromatic hydroxyl groups is 2. The summed E-state index contributed by atoms with van der Waals surface area (Å²) in [4.78, 5) is 14.8. The van der Waals surface area contributed by atoms with Crippen LogP contribution < -0.4 is 5.32 Å². The number of amides is 1. The SMILES string of the molecule is O=C(c1cc(O)cc(O)c1)N1CCNCC12CCCCC2. The van der Waals surface area contributed by atoms with Gasteiger partial charge in [-0.3, -0.25) is 4.79 Å². The van der Waals surface area contributed by atoms with Gasteiger partial charge in [0.15, 0.2) is 0 Å². The Labute approximate surface area is 124 Å². The van der Waals surface area contributed by atoms with Crippen molar-refractivity contribution < 1.29 is 15.0 Å². The number of carbonyl (C=O) groups is 1. The molecule has 5 nitrogen and oxygen atoms in total. The summed E-state index contributed by atoms with van der Waals surface area (Å²) in [5, 5.41) is 22.6. The molecule has 0 unspecified atom stereocenters. The van der Waals surface area contributed by atoms with Crippen LogP contribution in [-0.4, -0.2) is 46.2 Å². The second-order valence-corrected chi connectivity index (χ2v) is 6.16. The molecule has 0 atom stereocenters. The van der Waals surface area contributed by atoms with Crippen LogP contribution >= 0.6 is 0 Å². The Bertz CT molecular complexity index is 510. The second kappa shape index (κ2) is 5.56. The van der Waals surface area contributed by atoms with Crippen molar-refractivity contribution >= 4 is 5.91 Å². The first-order valence-electron chi connectivity index (χ1n) is 7.66. The molecule has 1 aliphatic carbocycles.